The van der Waals surface area contributed by atoms with Crippen molar-refractivity contribution in [2.75, 3.05) is 0 Å². The van der Waals surface area contributed by atoms with Gasteiger partial charge in [0.2, 0.25) is 0 Å². The van der Waals surface area contributed by atoms with E-state index in [0.29, 0.717) is 28.7 Å². The molecule has 2 heterocycles. The molecule has 0 aliphatic heterocycles. The van der Waals surface area contributed by atoms with Crippen LogP contribution >= 0.6 is 0 Å². The Morgan fingerprint density at radius 3 is 2.11 bits per heavy atom. The van der Waals surface area contributed by atoms with Crippen LogP contribution in [-0.4, -0.2) is 4.98 Å². The van der Waals surface area contributed by atoms with Gasteiger partial charge in [0, 0.05) is 22.5 Å². The molecule has 0 spiro atoms. The van der Waals surface area contributed by atoms with Crippen molar-refractivity contribution < 1.29 is 8.81 Å². The van der Waals surface area contributed by atoms with E-state index in [2.05, 4.69) is 81.2 Å². The summed E-state index contributed by atoms with van der Waals surface area (Å²) >= 11 is 0. The molecule has 188 valence electrons. The number of hydrogen-bond acceptors (Lipinski definition) is 2. The second-order valence-electron chi connectivity index (χ2n) is 10.6. The number of nitrogens with zero attached hydrogens (tertiary/aromatic N) is 1. The summed E-state index contributed by atoms with van der Waals surface area (Å²) in [5.41, 5.74) is 9.84. The lowest BCUT2D eigenvalue weighted by Gasteiger charge is -2.20. The van der Waals surface area contributed by atoms with Crippen molar-refractivity contribution in [2.24, 2.45) is 0 Å². The largest absolute Gasteiger partial charge is 0.455 e. The van der Waals surface area contributed by atoms with Gasteiger partial charge in [0.15, 0.2) is 0 Å². The quantitative estimate of drug-likeness (QED) is 0.236. The summed E-state index contributed by atoms with van der Waals surface area (Å²) in [6.07, 6.45) is 1.82. The fourth-order valence-electron chi connectivity index (χ4n) is 5.46. The van der Waals surface area contributed by atoms with Crippen molar-refractivity contribution in [1.29, 1.82) is 0 Å². The van der Waals surface area contributed by atoms with Gasteiger partial charge >= 0.3 is 0 Å². The van der Waals surface area contributed by atoms with Crippen LogP contribution < -0.4 is 0 Å². The normalized spacial score (nSPS) is 11.8. The first-order valence-corrected chi connectivity index (χ1v) is 13.2. The molecule has 2 aromatic heterocycles. The Hall–Kier alpha value is -4.24. The predicted octanol–water partition coefficient (Wildman–Crippen LogP) is 10.4. The zero-order valence-electron chi connectivity index (χ0n) is 22.1. The van der Waals surface area contributed by atoms with Gasteiger partial charge in [-0.3, -0.25) is 4.98 Å². The van der Waals surface area contributed by atoms with Gasteiger partial charge in [0.05, 0.1) is 5.69 Å². The minimum absolute atomic E-state index is 0.306. The SMILES string of the molecule is CC(C)c1cccc(C(C)C)c1-c1ccnc(-c2cc(F)cc3c2oc2cc(-c4ccccc4)ccc23)c1. The number of aromatic nitrogens is 1. The summed E-state index contributed by atoms with van der Waals surface area (Å²) in [6, 6.07) is 30.1. The highest BCUT2D eigenvalue weighted by atomic mass is 19.1. The van der Waals surface area contributed by atoms with E-state index in [4.69, 9.17) is 4.42 Å². The maximum atomic E-state index is 15.0. The van der Waals surface area contributed by atoms with Crippen molar-refractivity contribution in [3.63, 3.8) is 0 Å². The highest BCUT2D eigenvalue weighted by Gasteiger charge is 2.19. The molecule has 6 rings (SSSR count). The molecule has 0 bridgehead atoms. The molecular formula is C35H30FNO. The third-order valence-electron chi connectivity index (χ3n) is 7.34. The Kier molecular flexibility index (Phi) is 6.07. The number of pyridine rings is 1. The summed E-state index contributed by atoms with van der Waals surface area (Å²) in [6.45, 7) is 8.89. The molecule has 0 radical (unpaired) electrons. The zero-order chi connectivity index (χ0) is 26.4. The van der Waals surface area contributed by atoms with Crippen LogP contribution in [0.2, 0.25) is 0 Å². The summed E-state index contributed by atoms with van der Waals surface area (Å²) in [5, 5.41) is 1.65. The van der Waals surface area contributed by atoms with Crippen LogP contribution in [0.5, 0.6) is 0 Å². The molecule has 38 heavy (non-hydrogen) atoms. The highest BCUT2D eigenvalue weighted by molar-refractivity contribution is 6.10. The molecule has 0 atom stereocenters. The van der Waals surface area contributed by atoms with Crippen LogP contribution in [0.25, 0.3) is 55.4 Å². The first-order chi connectivity index (χ1) is 18.4. The number of fused-ring (bicyclic) bond motifs is 3. The molecule has 0 aliphatic rings. The van der Waals surface area contributed by atoms with Crippen LogP contribution in [0.4, 0.5) is 4.39 Å². The lowest BCUT2D eigenvalue weighted by Crippen LogP contribution is -2.00. The summed E-state index contributed by atoms with van der Waals surface area (Å²) in [4.78, 5) is 4.68. The maximum absolute atomic E-state index is 15.0. The average molecular weight is 500 g/mol. The molecule has 0 amide bonds. The molecule has 6 aromatic rings. The van der Waals surface area contributed by atoms with E-state index >= 15 is 4.39 Å². The Morgan fingerprint density at radius 2 is 1.39 bits per heavy atom. The topological polar surface area (TPSA) is 26.0 Å². The third kappa shape index (κ3) is 4.18. The van der Waals surface area contributed by atoms with E-state index < -0.39 is 0 Å². The van der Waals surface area contributed by atoms with E-state index in [1.807, 2.05) is 36.5 Å². The van der Waals surface area contributed by atoms with Gasteiger partial charge in [0.25, 0.3) is 0 Å². The minimum atomic E-state index is -0.306. The van der Waals surface area contributed by atoms with E-state index in [0.717, 1.165) is 33.0 Å². The number of halogens is 1. The number of hydrogen-bond donors (Lipinski definition) is 0. The van der Waals surface area contributed by atoms with Crippen molar-refractivity contribution >= 4 is 21.9 Å². The predicted molar refractivity (Wildman–Crippen MR) is 156 cm³/mol. The van der Waals surface area contributed by atoms with E-state index in [9.17, 15) is 0 Å². The van der Waals surface area contributed by atoms with Gasteiger partial charge in [-0.15, -0.1) is 0 Å². The first kappa shape index (κ1) is 24.1. The summed E-state index contributed by atoms with van der Waals surface area (Å²) in [7, 11) is 0. The van der Waals surface area contributed by atoms with Crippen LogP contribution in [0.1, 0.15) is 50.7 Å². The standard InChI is InChI=1S/C35H30FNO/c1-21(2)27-11-8-12-28(22(3)4)34(27)25-15-16-37-32(17-25)31-20-26(36)19-30-29-14-13-24(18-33(29)38-35(30)31)23-9-6-5-7-10-23/h5-22H,1-4H3. The summed E-state index contributed by atoms with van der Waals surface area (Å²) in [5.74, 6) is 0.436. The molecule has 0 fully saturated rings. The van der Waals surface area contributed by atoms with Crippen LogP contribution in [0.15, 0.2) is 102 Å². The highest BCUT2D eigenvalue weighted by Crippen LogP contribution is 2.40. The molecule has 0 aliphatic carbocycles. The maximum Gasteiger partial charge on any atom is 0.145 e. The molecule has 0 N–H and O–H groups in total. The zero-order valence-corrected chi connectivity index (χ0v) is 22.1. The molecule has 0 unspecified atom stereocenters. The number of benzene rings is 4. The van der Waals surface area contributed by atoms with Crippen molar-refractivity contribution in [3.05, 3.63) is 114 Å². The molecule has 0 saturated carbocycles. The van der Waals surface area contributed by atoms with Crippen molar-refractivity contribution in [2.45, 2.75) is 39.5 Å². The number of furan rings is 1. The first-order valence-electron chi connectivity index (χ1n) is 13.2. The van der Waals surface area contributed by atoms with Crippen molar-refractivity contribution in [1.82, 2.24) is 4.98 Å². The van der Waals surface area contributed by atoms with Gasteiger partial charge in [-0.1, -0.05) is 82.3 Å². The second-order valence-corrected chi connectivity index (χ2v) is 10.6. The van der Waals surface area contributed by atoms with Gasteiger partial charge in [-0.05, 0) is 81.6 Å². The number of rotatable bonds is 5. The van der Waals surface area contributed by atoms with Gasteiger partial charge in [-0.2, -0.15) is 0 Å². The van der Waals surface area contributed by atoms with E-state index in [1.54, 1.807) is 6.07 Å². The lowest BCUT2D eigenvalue weighted by molar-refractivity contribution is 0.627. The molecule has 0 saturated heterocycles. The van der Waals surface area contributed by atoms with Gasteiger partial charge in [-0.25, -0.2) is 4.39 Å². The molecular weight excluding hydrogens is 469 g/mol. The second kappa shape index (κ2) is 9.57. The van der Waals surface area contributed by atoms with E-state index in [1.165, 1.54) is 22.8 Å². The average Bonchev–Trinajstić information content (AvgIpc) is 3.30. The Labute approximate surface area is 222 Å². The van der Waals surface area contributed by atoms with Gasteiger partial charge < -0.3 is 4.42 Å². The Bertz CT molecular complexity index is 1750. The Balaban J connectivity index is 1.55. The summed E-state index contributed by atoms with van der Waals surface area (Å²) < 4.78 is 21.4. The van der Waals surface area contributed by atoms with Gasteiger partial charge in [0.1, 0.15) is 17.0 Å². The van der Waals surface area contributed by atoms with E-state index in [-0.39, 0.29) is 5.82 Å². The third-order valence-corrected chi connectivity index (χ3v) is 7.34. The molecule has 3 heteroatoms. The molecule has 2 nitrogen and oxygen atoms in total. The van der Waals surface area contributed by atoms with Crippen LogP contribution in [0.3, 0.4) is 0 Å². The fourth-order valence-corrected chi connectivity index (χ4v) is 5.46. The van der Waals surface area contributed by atoms with Crippen LogP contribution in [-0.2, 0) is 0 Å². The molecule has 4 aromatic carbocycles. The lowest BCUT2D eigenvalue weighted by atomic mass is 9.85. The smallest absolute Gasteiger partial charge is 0.145 e. The monoisotopic (exact) mass is 499 g/mol. The van der Waals surface area contributed by atoms with Crippen LogP contribution in [0, 0.1) is 5.82 Å². The minimum Gasteiger partial charge on any atom is -0.455 e. The van der Waals surface area contributed by atoms with Crippen molar-refractivity contribution in [3.8, 4) is 33.5 Å². The Morgan fingerprint density at radius 1 is 0.658 bits per heavy atom. The fraction of sp³-hybridized carbons (Fsp3) is 0.171.